The van der Waals surface area contributed by atoms with Gasteiger partial charge >= 0.3 is 0 Å². The Hall–Kier alpha value is -0.550. The molecule has 1 fully saturated rings. The molecule has 1 atom stereocenters. The van der Waals surface area contributed by atoms with Crippen LogP contribution in [0.5, 0.6) is 0 Å². The molecule has 0 aliphatic carbocycles. The highest BCUT2D eigenvalue weighted by Crippen LogP contribution is 2.22. The van der Waals surface area contributed by atoms with Crippen molar-refractivity contribution in [2.45, 2.75) is 36.3 Å². The van der Waals surface area contributed by atoms with Crippen molar-refractivity contribution in [3.8, 4) is 0 Å². The van der Waals surface area contributed by atoms with Crippen LogP contribution in [0.25, 0.3) is 0 Å². The molecule has 3 nitrogen and oxygen atoms in total. The lowest BCUT2D eigenvalue weighted by atomic mass is 9.94. The summed E-state index contributed by atoms with van der Waals surface area (Å²) in [5.41, 5.74) is 0.652. The Morgan fingerprint density at radius 2 is 1.95 bits per heavy atom. The van der Waals surface area contributed by atoms with Gasteiger partial charge in [-0.2, -0.15) is 0 Å². The van der Waals surface area contributed by atoms with Crippen LogP contribution in [0.3, 0.4) is 0 Å². The van der Waals surface area contributed by atoms with E-state index in [1.807, 2.05) is 0 Å². The minimum atomic E-state index is -0.605. The maximum atomic E-state index is 10.4. The van der Waals surface area contributed by atoms with Gasteiger partial charge in [-0.25, -0.2) is 0 Å². The van der Waals surface area contributed by atoms with Gasteiger partial charge in [-0.05, 0) is 30.9 Å². The standard InChI is InChI=1S/C15H23NO2S/c1-12(13-3-5-14(19-2)6-4-13)16-11-15(17)7-9-18-10-8-15/h3-6,12,16-17H,7-11H2,1-2H3. The Morgan fingerprint density at radius 3 is 2.53 bits per heavy atom. The first-order chi connectivity index (χ1) is 9.13. The fourth-order valence-corrected chi connectivity index (χ4v) is 2.69. The van der Waals surface area contributed by atoms with Crippen LogP contribution in [0.15, 0.2) is 29.2 Å². The van der Waals surface area contributed by atoms with Crippen LogP contribution in [0.4, 0.5) is 0 Å². The Balaban J connectivity index is 1.87. The van der Waals surface area contributed by atoms with Gasteiger partial charge in [0.1, 0.15) is 0 Å². The summed E-state index contributed by atoms with van der Waals surface area (Å²) in [5, 5.41) is 13.8. The number of hydrogen-bond donors (Lipinski definition) is 2. The molecule has 4 heteroatoms. The number of thioether (sulfide) groups is 1. The van der Waals surface area contributed by atoms with E-state index in [1.165, 1.54) is 10.5 Å². The van der Waals surface area contributed by atoms with E-state index < -0.39 is 5.60 Å². The van der Waals surface area contributed by atoms with Crippen molar-refractivity contribution < 1.29 is 9.84 Å². The van der Waals surface area contributed by atoms with Gasteiger partial charge in [-0.15, -0.1) is 11.8 Å². The number of rotatable bonds is 5. The van der Waals surface area contributed by atoms with E-state index in [4.69, 9.17) is 4.74 Å². The highest BCUT2D eigenvalue weighted by Gasteiger charge is 2.29. The third kappa shape index (κ3) is 4.21. The Bertz CT molecular complexity index is 388. The summed E-state index contributed by atoms with van der Waals surface area (Å²) in [7, 11) is 0. The largest absolute Gasteiger partial charge is 0.388 e. The first-order valence-corrected chi connectivity index (χ1v) is 8.03. The van der Waals surface area contributed by atoms with Gasteiger partial charge in [0.2, 0.25) is 0 Å². The van der Waals surface area contributed by atoms with Gasteiger partial charge in [-0.1, -0.05) is 12.1 Å². The summed E-state index contributed by atoms with van der Waals surface area (Å²) in [6.45, 7) is 4.09. The molecule has 106 valence electrons. The third-order valence-electron chi connectivity index (χ3n) is 3.78. The van der Waals surface area contributed by atoms with Gasteiger partial charge < -0.3 is 15.2 Å². The Morgan fingerprint density at radius 1 is 1.32 bits per heavy atom. The first kappa shape index (κ1) is 14.9. The van der Waals surface area contributed by atoms with Crippen LogP contribution >= 0.6 is 11.8 Å². The molecule has 0 amide bonds. The fraction of sp³-hybridized carbons (Fsp3) is 0.600. The molecular weight excluding hydrogens is 258 g/mol. The number of nitrogens with one attached hydrogen (secondary N) is 1. The zero-order chi connectivity index (χ0) is 13.7. The second-order valence-electron chi connectivity index (χ2n) is 5.21. The maximum absolute atomic E-state index is 10.4. The van der Waals surface area contributed by atoms with Gasteiger partial charge in [-0.3, -0.25) is 0 Å². The second-order valence-corrected chi connectivity index (χ2v) is 6.09. The zero-order valence-electron chi connectivity index (χ0n) is 11.7. The predicted octanol–water partition coefficient (Wildman–Crippen LogP) is 2.60. The third-order valence-corrected chi connectivity index (χ3v) is 4.52. The van der Waals surface area contributed by atoms with Crippen molar-refractivity contribution in [1.82, 2.24) is 5.32 Å². The summed E-state index contributed by atoms with van der Waals surface area (Å²) in [4.78, 5) is 1.28. The van der Waals surface area contributed by atoms with Gasteiger partial charge in [0.15, 0.2) is 0 Å². The van der Waals surface area contributed by atoms with Crippen LogP contribution in [-0.2, 0) is 4.74 Å². The smallest absolute Gasteiger partial charge is 0.0815 e. The van der Waals surface area contributed by atoms with Crippen LogP contribution < -0.4 is 5.32 Å². The van der Waals surface area contributed by atoms with Crippen molar-refractivity contribution >= 4 is 11.8 Å². The lowest BCUT2D eigenvalue weighted by Gasteiger charge is -2.33. The lowest BCUT2D eigenvalue weighted by Crippen LogP contribution is -2.45. The molecule has 2 N–H and O–H groups in total. The summed E-state index contributed by atoms with van der Waals surface area (Å²) < 4.78 is 5.29. The number of benzene rings is 1. The molecule has 1 heterocycles. The van der Waals surface area contributed by atoms with E-state index in [0.717, 1.165) is 12.8 Å². The summed E-state index contributed by atoms with van der Waals surface area (Å²) in [6.07, 6.45) is 3.52. The lowest BCUT2D eigenvalue weighted by molar-refractivity contribution is -0.0626. The molecular formula is C15H23NO2S. The monoisotopic (exact) mass is 281 g/mol. The van der Waals surface area contributed by atoms with Crippen LogP contribution in [0, 0.1) is 0 Å². The van der Waals surface area contributed by atoms with E-state index in [-0.39, 0.29) is 6.04 Å². The highest BCUT2D eigenvalue weighted by molar-refractivity contribution is 7.98. The summed E-state index contributed by atoms with van der Waals surface area (Å²) in [5.74, 6) is 0. The quantitative estimate of drug-likeness (QED) is 0.814. The van der Waals surface area contributed by atoms with Crippen molar-refractivity contribution in [1.29, 1.82) is 0 Å². The molecule has 1 aromatic rings. The highest BCUT2D eigenvalue weighted by atomic mass is 32.2. The summed E-state index contributed by atoms with van der Waals surface area (Å²) >= 11 is 1.75. The second kappa shape index (κ2) is 6.75. The molecule has 1 saturated heterocycles. The average molecular weight is 281 g/mol. The molecule has 2 rings (SSSR count). The predicted molar refractivity (Wildman–Crippen MR) is 79.6 cm³/mol. The zero-order valence-corrected chi connectivity index (χ0v) is 12.5. The molecule has 0 spiro atoms. The molecule has 0 bridgehead atoms. The molecule has 1 aliphatic rings. The molecule has 0 saturated carbocycles. The van der Waals surface area contributed by atoms with Crippen LogP contribution in [0.2, 0.25) is 0 Å². The molecule has 0 aromatic heterocycles. The minimum absolute atomic E-state index is 0.253. The molecule has 19 heavy (non-hydrogen) atoms. The van der Waals surface area contributed by atoms with Crippen molar-refractivity contribution in [2.24, 2.45) is 0 Å². The SMILES string of the molecule is CSc1ccc(C(C)NCC2(O)CCOCC2)cc1. The van der Waals surface area contributed by atoms with E-state index in [9.17, 15) is 5.11 Å². The van der Waals surface area contributed by atoms with Gasteiger partial charge in [0.05, 0.1) is 5.60 Å². The van der Waals surface area contributed by atoms with Crippen molar-refractivity contribution in [3.63, 3.8) is 0 Å². The van der Waals surface area contributed by atoms with Crippen LogP contribution in [0.1, 0.15) is 31.4 Å². The van der Waals surface area contributed by atoms with E-state index in [2.05, 4.69) is 42.8 Å². The number of ether oxygens (including phenoxy) is 1. The van der Waals surface area contributed by atoms with E-state index in [1.54, 1.807) is 11.8 Å². The average Bonchev–Trinajstić information content (AvgIpc) is 2.46. The van der Waals surface area contributed by atoms with Gasteiger partial charge in [0.25, 0.3) is 0 Å². The molecule has 0 radical (unpaired) electrons. The first-order valence-electron chi connectivity index (χ1n) is 6.80. The van der Waals surface area contributed by atoms with Crippen molar-refractivity contribution in [3.05, 3.63) is 29.8 Å². The molecule has 1 aliphatic heterocycles. The topological polar surface area (TPSA) is 41.5 Å². The van der Waals surface area contributed by atoms with Crippen molar-refractivity contribution in [2.75, 3.05) is 26.0 Å². The van der Waals surface area contributed by atoms with Gasteiger partial charge in [0, 0.05) is 43.5 Å². The fourth-order valence-electron chi connectivity index (χ4n) is 2.28. The maximum Gasteiger partial charge on any atom is 0.0815 e. The molecule has 1 aromatic carbocycles. The normalized spacial score (nSPS) is 20.2. The summed E-state index contributed by atoms with van der Waals surface area (Å²) in [6, 6.07) is 8.83. The van der Waals surface area contributed by atoms with E-state index in [0.29, 0.717) is 19.8 Å². The Kier molecular flexibility index (Phi) is 5.28. The van der Waals surface area contributed by atoms with Crippen LogP contribution in [-0.4, -0.2) is 36.7 Å². The van der Waals surface area contributed by atoms with E-state index >= 15 is 0 Å². The number of aliphatic hydroxyl groups is 1. The minimum Gasteiger partial charge on any atom is -0.388 e. The molecule has 1 unspecified atom stereocenters. The number of hydrogen-bond acceptors (Lipinski definition) is 4. The Labute approximate surface area is 119 Å².